The first-order valence-electron chi connectivity index (χ1n) is 10.1. The number of hydrogen-bond donors (Lipinski definition) is 2. The van der Waals surface area contributed by atoms with E-state index in [-0.39, 0.29) is 17.9 Å². The Labute approximate surface area is 184 Å². The monoisotopic (exact) mass is 445 g/mol. The number of nitrogens with zero attached hydrogens (tertiary/aromatic N) is 1. The number of fused-ring (bicyclic) bond motifs is 1. The Morgan fingerprint density at radius 1 is 1.20 bits per heavy atom. The normalized spacial score (nSPS) is 23.1. The van der Waals surface area contributed by atoms with Crippen molar-refractivity contribution in [1.82, 2.24) is 4.90 Å². The van der Waals surface area contributed by atoms with Crippen LogP contribution < -0.4 is 11.1 Å². The van der Waals surface area contributed by atoms with Crippen LogP contribution in [0.3, 0.4) is 0 Å². The lowest BCUT2D eigenvalue weighted by Crippen LogP contribution is -2.48. The van der Waals surface area contributed by atoms with Crippen molar-refractivity contribution in [1.29, 1.82) is 0 Å². The molecule has 1 saturated carbocycles. The maximum atomic E-state index is 13.5. The van der Waals surface area contributed by atoms with E-state index < -0.39 is 11.9 Å². The van der Waals surface area contributed by atoms with Crippen LogP contribution in [-0.2, 0) is 4.79 Å². The van der Waals surface area contributed by atoms with E-state index in [4.69, 9.17) is 17.3 Å². The highest BCUT2D eigenvalue weighted by molar-refractivity contribution is 7.18. The molecule has 8 heteroatoms. The number of amides is 3. The van der Waals surface area contributed by atoms with Crippen LogP contribution in [0.25, 0.3) is 0 Å². The molecule has 1 saturated heterocycles. The van der Waals surface area contributed by atoms with E-state index >= 15 is 0 Å². The van der Waals surface area contributed by atoms with Gasteiger partial charge in [-0.05, 0) is 55.9 Å². The van der Waals surface area contributed by atoms with Crippen LogP contribution >= 0.6 is 22.9 Å². The predicted molar refractivity (Wildman–Crippen MR) is 118 cm³/mol. The second kappa shape index (κ2) is 8.40. The molecule has 6 nitrogen and oxygen atoms in total. The summed E-state index contributed by atoms with van der Waals surface area (Å²) in [4.78, 5) is 40.3. The molecule has 3 N–H and O–H groups in total. The van der Waals surface area contributed by atoms with Crippen molar-refractivity contribution >= 4 is 45.7 Å². The van der Waals surface area contributed by atoms with E-state index in [9.17, 15) is 14.4 Å². The zero-order valence-electron chi connectivity index (χ0n) is 16.7. The zero-order valence-corrected chi connectivity index (χ0v) is 18.3. The van der Waals surface area contributed by atoms with Gasteiger partial charge in [0.1, 0.15) is 6.04 Å². The Morgan fingerprint density at radius 3 is 2.67 bits per heavy atom. The summed E-state index contributed by atoms with van der Waals surface area (Å²) in [5, 5.41) is 3.76. The van der Waals surface area contributed by atoms with E-state index in [1.165, 1.54) is 11.3 Å². The standard InChI is InChI=1S/C22H24ClN3O3S/c1-12-10-18(25-21(28)14-7-3-4-8-15(14)23)30-19(12)22(29)26-16-9-5-2-6-13(16)11-17(26)20(24)27/h3-4,7-8,10,13,16-17H,2,5-6,9,11H2,1H3,(H2,24,27)(H,25,28)/t13-,16+,17+/m1/s1. The second-order valence-corrected chi connectivity index (χ2v) is 9.49. The highest BCUT2D eigenvalue weighted by Gasteiger charge is 2.47. The fraction of sp³-hybridized carbons (Fsp3) is 0.409. The molecule has 2 aromatic rings. The Balaban J connectivity index is 1.57. The van der Waals surface area contributed by atoms with Gasteiger partial charge in [0.25, 0.3) is 11.8 Å². The maximum absolute atomic E-state index is 13.5. The number of carbonyl (C=O) groups is 3. The van der Waals surface area contributed by atoms with Gasteiger partial charge in [0.2, 0.25) is 5.91 Å². The van der Waals surface area contributed by atoms with Crippen molar-refractivity contribution in [3.05, 3.63) is 51.4 Å². The van der Waals surface area contributed by atoms with Crippen LogP contribution in [-0.4, -0.2) is 34.7 Å². The van der Waals surface area contributed by atoms with E-state index in [0.717, 1.165) is 31.2 Å². The molecule has 2 fully saturated rings. The summed E-state index contributed by atoms with van der Waals surface area (Å²) in [6, 6.07) is 8.08. The minimum Gasteiger partial charge on any atom is -0.368 e. The van der Waals surface area contributed by atoms with Gasteiger partial charge in [-0.25, -0.2) is 0 Å². The topological polar surface area (TPSA) is 92.5 Å². The first-order chi connectivity index (χ1) is 14.4. The van der Waals surface area contributed by atoms with Gasteiger partial charge < -0.3 is 16.0 Å². The van der Waals surface area contributed by atoms with E-state index in [1.807, 2.05) is 6.92 Å². The number of thiophene rings is 1. The molecule has 0 unspecified atom stereocenters. The van der Waals surface area contributed by atoms with Gasteiger partial charge in [-0.2, -0.15) is 0 Å². The van der Waals surface area contributed by atoms with Crippen molar-refractivity contribution in [3.63, 3.8) is 0 Å². The third-order valence-corrected chi connectivity index (χ3v) is 7.59. The second-order valence-electron chi connectivity index (χ2n) is 8.03. The average molecular weight is 446 g/mol. The number of nitrogens with one attached hydrogen (secondary N) is 1. The molecule has 1 aliphatic carbocycles. The first kappa shape index (κ1) is 20.9. The molecule has 1 aromatic heterocycles. The predicted octanol–water partition coefficient (Wildman–Crippen LogP) is 4.22. The summed E-state index contributed by atoms with van der Waals surface area (Å²) in [5.41, 5.74) is 6.78. The third kappa shape index (κ3) is 3.84. The van der Waals surface area contributed by atoms with Crippen molar-refractivity contribution < 1.29 is 14.4 Å². The summed E-state index contributed by atoms with van der Waals surface area (Å²) >= 11 is 7.33. The van der Waals surface area contributed by atoms with Crippen LogP contribution in [0.4, 0.5) is 5.00 Å². The number of nitrogens with two attached hydrogens (primary N) is 1. The number of anilines is 1. The summed E-state index contributed by atoms with van der Waals surface area (Å²) < 4.78 is 0. The number of aryl methyl sites for hydroxylation is 1. The number of rotatable bonds is 4. The third-order valence-electron chi connectivity index (χ3n) is 6.12. The Kier molecular flexibility index (Phi) is 5.84. The number of likely N-dealkylation sites (tertiary alicyclic amines) is 1. The van der Waals surface area contributed by atoms with Crippen LogP contribution in [0.15, 0.2) is 30.3 Å². The molecule has 0 radical (unpaired) electrons. The number of carbonyl (C=O) groups excluding carboxylic acids is 3. The summed E-state index contributed by atoms with van der Waals surface area (Å²) in [6.07, 6.45) is 4.76. The molecule has 1 aliphatic heterocycles. The molecule has 3 atom stereocenters. The fourth-order valence-electron chi connectivity index (χ4n) is 4.70. The number of primary amides is 1. The van der Waals surface area contributed by atoms with Gasteiger partial charge in [-0.15, -0.1) is 11.3 Å². The molecule has 2 heterocycles. The smallest absolute Gasteiger partial charge is 0.265 e. The Morgan fingerprint density at radius 2 is 1.93 bits per heavy atom. The average Bonchev–Trinajstić information content (AvgIpc) is 3.28. The van der Waals surface area contributed by atoms with Gasteiger partial charge in [0, 0.05) is 6.04 Å². The highest BCUT2D eigenvalue weighted by Crippen LogP contribution is 2.41. The van der Waals surface area contributed by atoms with E-state index in [2.05, 4.69) is 5.32 Å². The number of benzene rings is 1. The van der Waals surface area contributed by atoms with Crippen molar-refractivity contribution in [2.75, 3.05) is 5.32 Å². The van der Waals surface area contributed by atoms with Crippen LogP contribution in [0, 0.1) is 12.8 Å². The number of halogens is 1. The van der Waals surface area contributed by atoms with Crippen LogP contribution in [0.2, 0.25) is 5.02 Å². The van der Waals surface area contributed by atoms with Crippen LogP contribution in [0.5, 0.6) is 0 Å². The van der Waals surface area contributed by atoms with Gasteiger partial charge >= 0.3 is 0 Å². The molecule has 2 aliphatic rings. The minimum absolute atomic E-state index is 0.0615. The van der Waals surface area contributed by atoms with Gasteiger partial charge in [-0.3, -0.25) is 14.4 Å². The highest BCUT2D eigenvalue weighted by atomic mass is 35.5. The van der Waals surface area contributed by atoms with Crippen molar-refractivity contribution in [3.8, 4) is 0 Å². The fourth-order valence-corrected chi connectivity index (χ4v) is 5.94. The lowest BCUT2D eigenvalue weighted by Gasteiger charge is -2.33. The molecular formula is C22H24ClN3O3S. The van der Waals surface area contributed by atoms with Gasteiger partial charge in [0.05, 0.1) is 20.5 Å². The van der Waals surface area contributed by atoms with Crippen molar-refractivity contribution in [2.24, 2.45) is 11.7 Å². The van der Waals surface area contributed by atoms with E-state index in [1.54, 1.807) is 35.2 Å². The molecule has 1 aromatic carbocycles. The summed E-state index contributed by atoms with van der Waals surface area (Å²) in [5.74, 6) is -0.614. The Hall–Kier alpha value is -2.38. The first-order valence-corrected chi connectivity index (χ1v) is 11.3. The largest absolute Gasteiger partial charge is 0.368 e. The SMILES string of the molecule is Cc1cc(NC(=O)c2ccccc2Cl)sc1C(=O)N1[C@H](C(N)=O)C[C@H]2CCCC[C@@H]21. The quantitative estimate of drug-likeness (QED) is 0.737. The molecule has 30 heavy (non-hydrogen) atoms. The molecule has 0 bridgehead atoms. The molecular weight excluding hydrogens is 422 g/mol. The molecule has 4 rings (SSSR count). The Bertz CT molecular complexity index is 1010. The van der Waals surface area contributed by atoms with Crippen molar-refractivity contribution in [2.45, 2.75) is 51.1 Å². The van der Waals surface area contributed by atoms with E-state index in [0.29, 0.717) is 32.8 Å². The summed E-state index contributed by atoms with van der Waals surface area (Å²) in [7, 11) is 0. The minimum atomic E-state index is -0.562. The lowest BCUT2D eigenvalue weighted by atomic mass is 9.84. The van der Waals surface area contributed by atoms with Gasteiger partial charge in [-0.1, -0.05) is 36.6 Å². The number of hydrogen-bond acceptors (Lipinski definition) is 4. The summed E-state index contributed by atoms with van der Waals surface area (Å²) in [6.45, 7) is 1.84. The zero-order chi connectivity index (χ0) is 21.4. The lowest BCUT2D eigenvalue weighted by molar-refractivity contribution is -0.122. The van der Waals surface area contributed by atoms with Crippen LogP contribution in [0.1, 0.15) is 57.7 Å². The van der Waals surface area contributed by atoms with Gasteiger partial charge in [0.15, 0.2) is 0 Å². The maximum Gasteiger partial charge on any atom is 0.265 e. The molecule has 3 amide bonds. The molecule has 158 valence electrons. The molecule has 0 spiro atoms.